The minimum absolute atomic E-state index is 0.0613. The van der Waals surface area contributed by atoms with Crippen LogP contribution in [0.4, 0.5) is 0 Å². The van der Waals surface area contributed by atoms with E-state index < -0.39 is 15.9 Å². The summed E-state index contributed by atoms with van der Waals surface area (Å²) in [5.74, 6) is 3.19. The van der Waals surface area contributed by atoms with Crippen molar-refractivity contribution < 1.29 is 28.0 Å². The molecule has 4 saturated carbocycles. The van der Waals surface area contributed by atoms with Crippen LogP contribution in [0.15, 0.2) is 0 Å². The van der Waals surface area contributed by atoms with Crippen molar-refractivity contribution in [3.8, 4) is 0 Å². The number of fused-ring (bicyclic) bond motifs is 5. The highest BCUT2D eigenvalue weighted by Crippen LogP contribution is 2.68. The number of aliphatic hydroxyl groups excluding tert-OH is 2. The second-order valence-electron chi connectivity index (χ2n) is 13.2. The molecule has 0 bridgehead atoms. The third-order valence-corrected chi connectivity index (χ3v) is 12.2. The van der Waals surface area contributed by atoms with Crippen molar-refractivity contribution >= 4 is 16.0 Å². The predicted molar refractivity (Wildman–Crippen MR) is 138 cm³/mol. The number of carbonyl (C=O) groups excluding carboxylic acids is 1. The molecule has 0 aromatic carbocycles. The van der Waals surface area contributed by atoms with Crippen molar-refractivity contribution in [2.75, 3.05) is 25.4 Å². The standard InChI is InChI=1S/C28H49NO6S/c1-19(4-9-26(32)29(14-16-30)15-17-36(33,34)35)23-7-8-24-22-6-5-20-18-21(31)10-12-27(20,2)25(22)11-13-28(23,24)3/h19-25,30-31H,4-18H2,1-3H3,(H,33,34,35)/p-1/t19-,20-,21-,22+,23-,24+,25+,27+,28-/m1/s1. The van der Waals surface area contributed by atoms with Crippen LogP contribution < -0.4 is 0 Å². The molecule has 208 valence electrons. The zero-order chi connectivity index (χ0) is 26.3. The van der Waals surface area contributed by atoms with E-state index in [4.69, 9.17) is 0 Å². The Kier molecular flexibility index (Phi) is 8.51. The van der Waals surface area contributed by atoms with Crippen LogP contribution in [0, 0.1) is 46.3 Å². The third-order valence-electron chi connectivity index (χ3n) is 11.5. The van der Waals surface area contributed by atoms with Crippen LogP contribution in [0.1, 0.15) is 91.4 Å². The Hall–Kier alpha value is -0.700. The van der Waals surface area contributed by atoms with Gasteiger partial charge in [0.1, 0.15) is 0 Å². The van der Waals surface area contributed by atoms with Gasteiger partial charge in [-0.2, -0.15) is 0 Å². The van der Waals surface area contributed by atoms with Gasteiger partial charge in [0, 0.05) is 19.5 Å². The van der Waals surface area contributed by atoms with Crippen molar-refractivity contribution in [1.29, 1.82) is 0 Å². The number of hydrogen-bond donors (Lipinski definition) is 2. The molecule has 8 heteroatoms. The summed E-state index contributed by atoms with van der Waals surface area (Å²) < 4.78 is 33.1. The predicted octanol–water partition coefficient (Wildman–Crippen LogP) is 3.79. The Balaban J connectivity index is 1.37. The average molecular weight is 527 g/mol. The third kappa shape index (κ3) is 5.52. The molecule has 0 spiro atoms. The van der Waals surface area contributed by atoms with Gasteiger partial charge in [0.2, 0.25) is 5.91 Å². The number of aliphatic hydroxyl groups is 2. The first-order valence-corrected chi connectivity index (χ1v) is 16.0. The number of hydrogen-bond acceptors (Lipinski definition) is 6. The molecule has 0 aromatic rings. The SMILES string of the molecule is C[C@H](CCC(=O)N(CCO)CCS(=O)(=O)[O-])[C@H]1CC[C@H]2[C@@H]3CC[C@@H]4C[C@H](O)CC[C@]4(C)[C@H]3CC[C@]12C. The summed E-state index contributed by atoms with van der Waals surface area (Å²) in [4.78, 5) is 14.1. The Morgan fingerprint density at radius 1 is 1.03 bits per heavy atom. The number of nitrogens with zero attached hydrogens (tertiary/aromatic N) is 1. The van der Waals surface area contributed by atoms with E-state index in [0.717, 1.165) is 37.0 Å². The van der Waals surface area contributed by atoms with Gasteiger partial charge in [0.25, 0.3) is 0 Å². The molecule has 4 aliphatic rings. The summed E-state index contributed by atoms with van der Waals surface area (Å²) in [6, 6.07) is 0. The molecule has 0 aliphatic heterocycles. The van der Waals surface area contributed by atoms with E-state index in [0.29, 0.717) is 35.0 Å². The monoisotopic (exact) mass is 526 g/mol. The lowest BCUT2D eigenvalue weighted by molar-refractivity contribution is -0.133. The van der Waals surface area contributed by atoms with Crippen LogP contribution >= 0.6 is 0 Å². The second-order valence-corrected chi connectivity index (χ2v) is 14.7. The van der Waals surface area contributed by atoms with Gasteiger partial charge in [-0.05, 0) is 111 Å². The lowest BCUT2D eigenvalue weighted by Crippen LogP contribution is -2.54. The van der Waals surface area contributed by atoms with Crippen molar-refractivity contribution in [1.82, 2.24) is 4.90 Å². The van der Waals surface area contributed by atoms with Crippen molar-refractivity contribution in [3.63, 3.8) is 0 Å². The van der Waals surface area contributed by atoms with Gasteiger partial charge in [-0.15, -0.1) is 0 Å². The molecule has 4 aliphatic carbocycles. The van der Waals surface area contributed by atoms with Crippen molar-refractivity contribution in [2.45, 2.75) is 97.5 Å². The minimum atomic E-state index is -4.40. The maximum atomic E-state index is 12.8. The van der Waals surface area contributed by atoms with E-state index in [1.165, 1.54) is 49.8 Å². The molecule has 2 N–H and O–H groups in total. The minimum Gasteiger partial charge on any atom is -0.748 e. The first-order valence-electron chi connectivity index (χ1n) is 14.4. The summed E-state index contributed by atoms with van der Waals surface area (Å²) in [6.07, 6.45) is 11.7. The largest absolute Gasteiger partial charge is 0.748 e. The molecular formula is C28H48NO6S-. The van der Waals surface area contributed by atoms with Crippen molar-refractivity contribution in [2.24, 2.45) is 46.3 Å². The first-order chi connectivity index (χ1) is 16.9. The summed E-state index contributed by atoms with van der Waals surface area (Å²) in [6.45, 7) is 6.98. The van der Waals surface area contributed by atoms with Gasteiger partial charge in [0.05, 0.1) is 28.6 Å². The highest BCUT2D eigenvalue weighted by Gasteiger charge is 2.60. The molecule has 4 rings (SSSR count). The molecule has 1 amide bonds. The smallest absolute Gasteiger partial charge is 0.222 e. The molecule has 0 heterocycles. The van der Waals surface area contributed by atoms with Crippen LogP contribution in [0.25, 0.3) is 0 Å². The highest BCUT2D eigenvalue weighted by atomic mass is 32.2. The average Bonchev–Trinajstić information content (AvgIpc) is 3.17. The first kappa shape index (κ1) is 28.3. The summed E-state index contributed by atoms with van der Waals surface area (Å²) in [5, 5.41) is 19.6. The fraction of sp³-hybridized carbons (Fsp3) is 0.964. The number of carbonyl (C=O) groups is 1. The van der Waals surface area contributed by atoms with Gasteiger partial charge in [-0.25, -0.2) is 8.42 Å². The molecule has 36 heavy (non-hydrogen) atoms. The summed E-state index contributed by atoms with van der Waals surface area (Å²) in [7, 11) is -4.40. The van der Waals surface area contributed by atoms with Gasteiger partial charge in [-0.1, -0.05) is 20.8 Å². The van der Waals surface area contributed by atoms with E-state index in [2.05, 4.69) is 20.8 Å². The van der Waals surface area contributed by atoms with Crippen LogP contribution in [-0.4, -0.2) is 65.5 Å². The lowest BCUT2D eigenvalue weighted by atomic mass is 9.44. The van der Waals surface area contributed by atoms with Gasteiger partial charge < -0.3 is 19.7 Å². The Morgan fingerprint density at radius 2 is 1.72 bits per heavy atom. The van der Waals surface area contributed by atoms with E-state index in [9.17, 15) is 28.0 Å². The molecular weight excluding hydrogens is 478 g/mol. The van der Waals surface area contributed by atoms with Crippen LogP contribution in [0.3, 0.4) is 0 Å². The van der Waals surface area contributed by atoms with Crippen LogP contribution in [-0.2, 0) is 14.9 Å². The van der Waals surface area contributed by atoms with Crippen LogP contribution in [0.2, 0.25) is 0 Å². The Bertz CT molecular complexity index is 894. The maximum absolute atomic E-state index is 12.8. The van der Waals surface area contributed by atoms with E-state index in [1.54, 1.807) is 0 Å². The van der Waals surface area contributed by atoms with Gasteiger partial charge in [-0.3, -0.25) is 4.79 Å². The normalized spacial score (nSPS) is 41.2. The molecule has 0 aromatic heterocycles. The fourth-order valence-corrected chi connectivity index (χ4v) is 10.1. The maximum Gasteiger partial charge on any atom is 0.222 e. The summed E-state index contributed by atoms with van der Waals surface area (Å²) >= 11 is 0. The Labute approximate surface area is 218 Å². The number of rotatable bonds is 9. The second kappa shape index (κ2) is 10.8. The van der Waals surface area contributed by atoms with Crippen molar-refractivity contribution in [3.05, 3.63) is 0 Å². The van der Waals surface area contributed by atoms with E-state index in [1.807, 2.05) is 0 Å². The zero-order valence-corrected chi connectivity index (χ0v) is 23.3. The van der Waals surface area contributed by atoms with E-state index in [-0.39, 0.29) is 31.7 Å². The topological polar surface area (TPSA) is 118 Å². The molecule has 4 fully saturated rings. The molecule has 0 unspecified atom stereocenters. The Morgan fingerprint density at radius 3 is 2.42 bits per heavy atom. The lowest BCUT2D eigenvalue weighted by Gasteiger charge is -2.61. The van der Waals surface area contributed by atoms with Crippen LogP contribution in [0.5, 0.6) is 0 Å². The van der Waals surface area contributed by atoms with Gasteiger partial charge in [0.15, 0.2) is 0 Å². The highest BCUT2D eigenvalue weighted by molar-refractivity contribution is 7.85. The molecule has 9 atom stereocenters. The molecule has 0 saturated heterocycles. The fourth-order valence-electron chi connectivity index (χ4n) is 9.63. The zero-order valence-electron chi connectivity index (χ0n) is 22.5. The number of amides is 1. The molecule has 0 radical (unpaired) electrons. The van der Waals surface area contributed by atoms with Gasteiger partial charge >= 0.3 is 0 Å². The molecule has 7 nitrogen and oxygen atoms in total. The van der Waals surface area contributed by atoms with E-state index >= 15 is 0 Å². The quantitative estimate of drug-likeness (QED) is 0.442. The summed E-state index contributed by atoms with van der Waals surface area (Å²) in [5.41, 5.74) is 0.690.